The van der Waals surface area contributed by atoms with Gasteiger partial charge in [-0.3, -0.25) is 4.79 Å². The Balaban J connectivity index is 1.78. The van der Waals surface area contributed by atoms with Gasteiger partial charge in [-0.15, -0.1) is 10.2 Å². The topological polar surface area (TPSA) is 64.1 Å². The Bertz CT molecular complexity index is 628. The van der Waals surface area contributed by atoms with Crippen molar-refractivity contribution in [3.05, 3.63) is 34.8 Å². The number of aromatic nitrogens is 2. The van der Waals surface area contributed by atoms with Crippen LogP contribution < -0.4 is 10.1 Å². The third-order valence-electron chi connectivity index (χ3n) is 3.48. The van der Waals surface area contributed by atoms with E-state index in [1.54, 1.807) is 7.11 Å². The number of carbonyl (C=O) groups excluding carboxylic acids is 1. The van der Waals surface area contributed by atoms with Crippen molar-refractivity contribution in [2.45, 2.75) is 45.4 Å². The van der Waals surface area contributed by atoms with E-state index >= 15 is 0 Å². The minimum atomic E-state index is -0.0379. The highest BCUT2D eigenvalue weighted by molar-refractivity contribution is 7.15. The van der Waals surface area contributed by atoms with Gasteiger partial charge < -0.3 is 10.1 Å². The first kappa shape index (κ1) is 17.4. The summed E-state index contributed by atoms with van der Waals surface area (Å²) in [5.74, 6) is 0.771. The third-order valence-corrected chi connectivity index (χ3v) is 4.38. The molecule has 0 aliphatic rings. The van der Waals surface area contributed by atoms with E-state index in [2.05, 4.69) is 22.4 Å². The third kappa shape index (κ3) is 5.98. The molecule has 6 heteroatoms. The summed E-state index contributed by atoms with van der Waals surface area (Å²) in [6.45, 7) is 2.17. The molecule has 1 heterocycles. The molecule has 0 spiro atoms. The Kier molecular flexibility index (Phi) is 7.00. The molecule has 124 valence electrons. The number of ether oxygens (including phenoxy) is 1. The fraction of sp³-hybridized carbons (Fsp3) is 0.471. The first-order valence-corrected chi connectivity index (χ1v) is 8.78. The second kappa shape index (κ2) is 9.25. The van der Waals surface area contributed by atoms with Crippen LogP contribution in [-0.2, 0) is 17.6 Å². The van der Waals surface area contributed by atoms with Crippen LogP contribution in [0.4, 0.5) is 5.13 Å². The van der Waals surface area contributed by atoms with Crippen LogP contribution >= 0.6 is 11.3 Å². The van der Waals surface area contributed by atoms with Crippen molar-refractivity contribution in [1.82, 2.24) is 10.2 Å². The molecule has 0 atom stereocenters. The van der Waals surface area contributed by atoms with E-state index in [0.717, 1.165) is 29.2 Å². The summed E-state index contributed by atoms with van der Waals surface area (Å²) in [4.78, 5) is 12.0. The summed E-state index contributed by atoms with van der Waals surface area (Å²) in [6.07, 6.45) is 5.53. The summed E-state index contributed by atoms with van der Waals surface area (Å²) in [5, 5.41) is 12.6. The van der Waals surface area contributed by atoms with Crippen LogP contribution in [0.5, 0.6) is 5.75 Å². The number of nitrogens with zero attached hydrogens (tertiary/aromatic N) is 2. The molecular weight excluding hydrogens is 310 g/mol. The van der Waals surface area contributed by atoms with E-state index in [4.69, 9.17) is 4.74 Å². The van der Waals surface area contributed by atoms with Gasteiger partial charge in [0.25, 0.3) is 0 Å². The molecule has 0 bridgehead atoms. The van der Waals surface area contributed by atoms with E-state index in [1.165, 1.54) is 24.2 Å². The van der Waals surface area contributed by atoms with Crippen molar-refractivity contribution in [2.75, 3.05) is 12.4 Å². The Morgan fingerprint density at radius 1 is 1.26 bits per heavy atom. The number of unbranched alkanes of at least 4 members (excludes halogenated alkanes) is 2. The lowest BCUT2D eigenvalue weighted by molar-refractivity contribution is -0.116. The van der Waals surface area contributed by atoms with Crippen LogP contribution in [0.3, 0.4) is 0 Å². The van der Waals surface area contributed by atoms with Gasteiger partial charge in [0.15, 0.2) is 0 Å². The van der Waals surface area contributed by atoms with Crippen molar-refractivity contribution in [3.63, 3.8) is 0 Å². The average molecular weight is 333 g/mol. The number of nitrogens with one attached hydrogen (secondary N) is 1. The van der Waals surface area contributed by atoms with Gasteiger partial charge in [-0.1, -0.05) is 43.2 Å². The van der Waals surface area contributed by atoms with Gasteiger partial charge >= 0.3 is 0 Å². The summed E-state index contributed by atoms with van der Waals surface area (Å²) in [5.41, 5.74) is 1.08. The van der Waals surface area contributed by atoms with Crippen LogP contribution in [0.1, 0.15) is 43.2 Å². The van der Waals surface area contributed by atoms with Gasteiger partial charge in [-0.25, -0.2) is 0 Å². The normalized spacial score (nSPS) is 10.5. The highest BCUT2D eigenvalue weighted by atomic mass is 32.1. The zero-order chi connectivity index (χ0) is 16.5. The van der Waals surface area contributed by atoms with Crippen LogP contribution in [0, 0.1) is 0 Å². The van der Waals surface area contributed by atoms with E-state index in [9.17, 15) is 4.79 Å². The Morgan fingerprint density at radius 3 is 2.91 bits per heavy atom. The van der Waals surface area contributed by atoms with Crippen molar-refractivity contribution in [3.8, 4) is 5.75 Å². The molecule has 0 unspecified atom stereocenters. The summed E-state index contributed by atoms with van der Waals surface area (Å²) < 4.78 is 5.18. The van der Waals surface area contributed by atoms with Crippen LogP contribution in [-0.4, -0.2) is 23.2 Å². The molecular formula is C17H23N3O2S. The van der Waals surface area contributed by atoms with Gasteiger partial charge in [-0.2, -0.15) is 0 Å². The van der Waals surface area contributed by atoms with Crippen molar-refractivity contribution >= 4 is 22.4 Å². The van der Waals surface area contributed by atoms with Gasteiger partial charge in [0, 0.05) is 12.8 Å². The molecule has 1 aromatic heterocycles. The minimum absolute atomic E-state index is 0.0379. The highest BCUT2D eigenvalue weighted by Gasteiger charge is 2.08. The Labute approximate surface area is 141 Å². The fourth-order valence-corrected chi connectivity index (χ4v) is 3.00. The summed E-state index contributed by atoms with van der Waals surface area (Å²) in [6, 6.07) is 7.76. The van der Waals surface area contributed by atoms with Crippen molar-refractivity contribution in [2.24, 2.45) is 0 Å². The molecule has 2 aromatic rings. The van der Waals surface area contributed by atoms with Gasteiger partial charge in [0.1, 0.15) is 10.8 Å². The molecule has 0 saturated heterocycles. The van der Waals surface area contributed by atoms with Crippen molar-refractivity contribution in [1.29, 1.82) is 0 Å². The Morgan fingerprint density at radius 2 is 2.13 bits per heavy atom. The molecule has 5 nitrogen and oxygen atoms in total. The smallest absolute Gasteiger partial charge is 0.226 e. The second-order valence-corrected chi connectivity index (χ2v) is 6.42. The predicted molar refractivity (Wildman–Crippen MR) is 93.1 cm³/mol. The molecule has 1 amide bonds. The number of amides is 1. The number of anilines is 1. The molecule has 0 aliphatic heterocycles. The van der Waals surface area contributed by atoms with Crippen LogP contribution in [0.15, 0.2) is 24.3 Å². The molecule has 2 rings (SSSR count). The lowest BCUT2D eigenvalue weighted by atomic mass is 10.1. The first-order chi connectivity index (χ1) is 11.2. The predicted octanol–water partition coefficient (Wildman–Crippen LogP) is 3.85. The number of hydrogen-bond donors (Lipinski definition) is 1. The zero-order valence-electron chi connectivity index (χ0n) is 13.7. The standard InChI is InChI=1S/C17H23N3O2S/c1-3-4-5-9-16-19-20-17(23-16)18-15(21)11-10-13-7-6-8-14(12-13)22-2/h6-8,12H,3-5,9-11H2,1-2H3,(H,18,20,21). The highest BCUT2D eigenvalue weighted by Crippen LogP contribution is 2.18. The number of rotatable bonds is 9. The molecule has 1 N–H and O–H groups in total. The van der Waals surface area contributed by atoms with Crippen LogP contribution in [0.2, 0.25) is 0 Å². The molecule has 0 fully saturated rings. The molecule has 0 aliphatic carbocycles. The maximum absolute atomic E-state index is 12.0. The monoisotopic (exact) mass is 333 g/mol. The van der Waals surface area contributed by atoms with E-state index < -0.39 is 0 Å². The van der Waals surface area contributed by atoms with Gasteiger partial charge in [0.2, 0.25) is 11.0 Å². The molecule has 0 radical (unpaired) electrons. The average Bonchev–Trinajstić information content (AvgIpc) is 3.01. The number of hydrogen-bond acceptors (Lipinski definition) is 5. The zero-order valence-corrected chi connectivity index (χ0v) is 14.5. The number of benzene rings is 1. The van der Waals surface area contributed by atoms with Crippen molar-refractivity contribution < 1.29 is 9.53 Å². The van der Waals surface area contributed by atoms with E-state index in [-0.39, 0.29) is 5.91 Å². The maximum atomic E-state index is 12.0. The SMILES string of the molecule is CCCCCc1nnc(NC(=O)CCc2cccc(OC)c2)s1. The second-order valence-electron chi connectivity index (χ2n) is 5.36. The summed E-state index contributed by atoms with van der Waals surface area (Å²) in [7, 11) is 1.64. The fourth-order valence-electron chi connectivity index (χ4n) is 2.20. The Hall–Kier alpha value is -1.95. The quantitative estimate of drug-likeness (QED) is 0.708. The minimum Gasteiger partial charge on any atom is -0.497 e. The van der Waals surface area contributed by atoms with E-state index in [0.29, 0.717) is 18.0 Å². The van der Waals surface area contributed by atoms with Crippen LogP contribution in [0.25, 0.3) is 0 Å². The molecule has 23 heavy (non-hydrogen) atoms. The van der Waals surface area contributed by atoms with Gasteiger partial charge in [-0.05, 0) is 30.5 Å². The number of methoxy groups -OCH3 is 1. The lowest BCUT2D eigenvalue weighted by Gasteiger charge is -2.04. The summed E-state index contributed by atoms with van der Waals surface area (Å²) >= 11 is 1.47. The van der Waals surface area contributed by atoms with E-state index in [1.807, 2.05) is 24.3 Å². The maximum Gasteiger partial charge on any atom is 0.226 e. The molecule has 1 aromatic carbocycles. The first-order valence-electron chi connectivity index (χ1n) is 7.96. The number of aryl methyl sites for hydroxylation is 2. The number of carbonyl (C=O) groups is 1. The molecule has 0 saturated carbocycles. The largest absolute Gasteiger partial charge is 0.497 e. The lowest BCUT2D eigenvalue weighted by Crippen LogP contribution is -2.12. The van der Waals surface area contributed by atoms with Gasteiger partial charge in [0.05, 0.1) is 7.11 Å².